The maximum absolute atomic E-state index is 13.1. The quantitative estimate of drug-likeness (QED) is 0.855. The van der Waals surface area contributed by atoms with Gasteiger partial charge in [-0.05, 0) is 63.1 Å². The van der Waals surface area contributed by atoms with E-state index in [4.69, 9.17) is 4.74 Å². The van der Waals surface area contributed by atoms with Crippen molar-refractivity contribution in [3.05, 3.63) is 35.0 Å². The van der Waals surface area contributed by atoms with Gasteiger partial charge >= 0.3 is 0 Å². The van der Waals surface area contributed by atoms with Crippen LogP contribution in [0.15, 0.2) is 18.2 Å². The van der Waals surface area contributed by atoms with Crippen LogP contribution in [0.5, 0.6) is 0 Å². The molecule has 2 heterocycles. The van der Waals surface area contributed by atoms with Gasteiger partial charge in [-0.3, -0.25) is 4.79 Å². The van der Waals surface area contributed by atoms with E-state index in [0.29, 0.717) is 19.7 Å². The van der Waals surface area contributed by atoms with Crippen molar-refractivity contribution in [3.8, 4) is 0 Å². The number of benzene rings is 1. The third kappa shape index (κ3) is 2.71. The van der Waals surface area contributed by atoms with Gasteiger partial charge < -0.3 is 19.7 Å². The number of aromatic nitrogens is 1. The van der Waals surface area contributed by atoms with Crippen molar-refractivity contribution in [1.29, 1.82) is 0 Å². The molecule has 2 N–H and O–H groups in total. The molecule has 5 heteroatoms. The number of amides is 1. The number of rotatable bonds is 3. The molecule has 1 saturated heterocycles. The van der Waals surface area contributed by atoms with Crippen molar-refractivity contribution in [2.45, 2.75) is 64.1 Å². The molecule has 2 atom stereocenters. The number of piperidine rings is 1. The van der Waals surface area contributed by atoms with Crippen LogP contribution in [0.2, 0.25) is 0 Å². The highest BCUT2D eigenvalue weighted by atomic mass is 16.5. The Morgan fingerprint density at radius 1 is 1.29 bits per heavy atom. The second kappa shape index (κ2) is 6.89. The zero-order valence-electron chi connectivity index (χ0n) is 16.7. The lowest BCUT2D eigenvalue weighted by Crippen LogP contribution is -2.62. The number of H-pyrrole nitrogens is 1. The third-order valence-electron chi connectivity index (χ3n) is 7.44. The van der Waals surface area contributed by atoms with Gasteiger partial charge in [0.15, 0.2) is 0 Å². The van der Waals surface area contributed by atoms with Crippen LogP contribution in [0.1, 0.15) is 60.6 Å². The maximum Gasteiger partial charge on any atom is 0.253 e. The molecule has 2 aromatic rings. The highest BCUT2D eigenvalue weighted by molar-refractivity contribution is 5.99. The fraction of sp³-hybridized carbons (Fsp3) is 0.609. The van der Waals surface area contributed by atoms with Crippen molar-refractivity contribution in [1.82, 2.24) is 9.88 Å². The van der Waals surface area contributed by atoms with E-state index in [2.05, 4.69) is 11.1 Å². The normalized spacial score (nSPS) is 26.3. The van der Waals surface area contributed by atoms with E-state index in [1.54, 1.807) is 0 Å². The van der Waals surface area contributed by atoms with Crippen LogP contribution in [-0.4, -0.2) is 52.8 Å². The summed E-state index contributed by atoms with van der Waals surface area (Å²) in [6.07, 6.45) is 6.99. The Morgan fingerprint density at radius 2 is 2.07 bits per heavy atom. The Labute approximate surface area is 166 Å². The summed E-state index contributed by atoms with van der Waals surface area (Å²) in [5.41, 5.74) is 4.51. The van der Waals surface area contributed by atoms with Crippen LogP contribution < -0.4 is 0 Å². The average Bonchev–Trinajstić information content (AvgIpc) is 3.11. The number of nitrogens with one attached hydrogen (secondary N) is 1. The number of aliphatic hydroxyl groups is 1. The summed E-state index contributed by atoms with van der Waals surface area (Å²) in [5.74, 6) is 0.103. The Morgan fingerprint density at radius 3 is 2.82 bits per heavy atom. The SMILES string of the molecule is CCO[C@@H]1C[C@H](O)C12CCN(C(=O)c1ccc3c4c([nH]c3c1)CCCC4)CC2. The van der Waals surface area contributed by atoms with Gasteiger partial charge in [0.05, 0.1) is 12.2 Å². The molecule has 1 spiro atoms. The fourth-order valence-electron chi connectivity index (χ4n) is 5.67. The fourth-order valence-corrected chi connectivity index (χ4v) is 5.67. The van der Waals surface area contributed by atoms with Crippen LogP contribution in [0.25, 0.3) is 10.9 Å². The zero-order chi connectivity index (χ0) is 19.3. The molecule has 1 saturated carbocycles. The highest BCUT2D eigenvalue weighted by Crippen LogP contribution is 2.51. The van der Waals surface area contributed by atoms with Gasteiger partial charge in [-0.1, -0.05) is 6.07 Å². The molecule has 1 aromatic heterocycles. The molecule has 0 unspecified atom stereocenters. The Hall–Kier alpha value is -1.85. The summed E-state index contributed by atoms with van der Waals surface area (Å²) in [6.45, 7) is 4.07. The number of aromatic amines is 1. The molecule has 1 aromatic carbocycles. The van der Waals surface area contributed by atoms with E-state index in [9.17, 15) is 9.90 Å². The van der Waals surface area contributed by atoms with E-state index < -0.39 is 0 Å². The summed E-state index contributed by atoms with van der Waals surface area (Å²) >= 11 is 0. The lowest BCUT2D eigenvalue weighted by atomic mass is 9.58. The van der Waals surface area contributed by atoms with Gasteiger partial charge in [-0.2, -0.15) is 0 Å². The van der Waals surface area contributed by atoms with E-state index >= 15 is 0 Å². The number of likely N-dealkylation sites (tertiary alicyclic amines) is 1. The van der Waals surface area contributed by atoms with E-state index in [1.807, 2.05) is 24.0 Å². The maximum atomic E-state index is 13.1. The summed E-state index contributed by atoms with van der Waals surface area (Å²) in [4.78, 5) is 18.6. The number of hydrogen-bond donors (Lipinski definition) is 2. The molecule has 5 rings (SSSR count). The van der Waals surface area contributed by atoms with Gasteiger partial charge in [-0.15, -0.1) is 0 Å². The van der Waals surface area contributed by atoms with E-state index in [1.165, 1.54) is 29.5 Å². The minimum atomic E-state index is -0.289. The molecule has 2 fully saturated rings. The topological polar surface area (TPSA) is 65.6 Å². The van der Waals surface area contributed by atoms with Gasteiger partial charge in [0, 0.05) is 53.7 Å². The minimum absolute atomic E-state index is 0.103. The first-order valence-electron chi connectivity index (χ1n) is 10.8. The van der Waals surface area contributed by atoms with Gasteiger partial charge in [-0.25, -0.2) is 0 Å². The summed E-state index contributed by atoms with van der Waals surface area (Å²) in [5, 5.41) is 11.7. The number of carbonyl (C=O) groups is 1. The van der Waals surface area contributed by atoms with Crippen molar-refractivity contribution in [2.75, 3.05) is 19.7 Å². The Balaban J connectivity index is 1.32. The van der Waals surface area contributed by atoms with Crippen LogP contribution >= 0.6 is 0 Å². The van der Waals surface area contributed by atoms with Gasteiger partial charge in [0.25, 0.3) is 5.91 Å². The highest BCUT2D eigenvalue weighted by Gasteiger charge is 2.56. The molecule has 3 aliphatic rings. The predicted molar refractivity (Wildman–Crippen MR) is 109 cm³/mol. The molecular formula is C23H30N2O3. The van der Waals surface area contributed by atoms with Crippen LogP contribution in [-0.2, 0) is 17.6 Å². The lowest BCUT2D eigenvalue weighted by molar-refractivity contribution is -0.207. The molecule has 0 radical (unpaired) electrons. The standard InChI is InChI=1S/C23H30N2O3/c1-2-28-21-14-20(26)23(21)9-11-25(12-10-23)22(27)15-7-8-17-16-5-3-4-6-18(16)24-19(17)13-15/h7-8,13,20-21,24,26H,2-6,9-12,14H2,1H3/t20-,21+/m0/s1. The molecule has 1 amide bonds. The number of nitrogens with zero attached hydrogens (tertiary/aromatic N) is 1. The predicted octanol–water partition coefficient (Wildman–Crippen LogP) is 3.44. The zero-order valence-corrected chi connectivity index (χ0v) is 16.7. The molecule has 2 aliphatic carbocycles. The largest absolute Gasteiger partial charge is 0.392 e. The smallest absolute Gasteiger partial charge is 0.253 e. The van der Waals surface area contributed by atoms with Crippen molar-refractivity contribution < 1.29 is 14.6 Å². The summed E-state index contributed by atoms with van der Waals surface area (Å²) < 4.78 is 5.84. The number of aliphatic hydroxyl groups excluding tert-OH is 1. The van der Waals surface area contributed by atoms with Crippen molar-refractivity contribution in [2.24, 2.45) is 5.41 Å². The molecule has 0 bridgehead atoms. The number of ether oxygens (including phenoxy) is 1. The molecule has 5 nitrogen and oxygen atoms in total. The molecule has 28 heavy (non-hydrogen) atoms. The first kappa shape index (κ1) is 18.2. The number of aryl methyl sites for hydroxylation is 2. The summed E-state index contributed by atoms with van der Waals surface area (Å²) in [7, 11) is 0. The van der Waals surface area contributed by atoms with Gasteiger partial charge in [0.2, 0.25) is 0 Å². The van der Waals surface area contributed by atoms with Crippen LogP contribution in [0, 0.1) is 5.41 Å². The second-order valence-corrected chi connectivity index (χ2v) is 8.77. The lowest BCUT2D eigenvalue weighted by Gasteiger charge is -2.56. The van der Waals surface area contributed by atoms with Crippen molar-refractivity contribution >= 4 is 16.8 Å². The first-order chi connectivity index (χ1) is 13.6. The first-order valence-corrected chi connectivity index (χ1v) is 10.8. The van der Waals surface area contributed by atoms with Crippen molar-refractivity contribution in [3.63, 3.8) is 0 Å². The monoisotopic (exact) mass is 382 g/mol. The number of fused-ring (bicyclic) bond motifs is 3. The third-order valence-corrected chi connectivity index (χ3v) is 7.44. The van der Waals surface area contributed by atoms with E-state index in [-0.39, 0.29) is 23.5 Å². The molecular weight excluding hydrogens is 352 g/mol. The second-order valence-electron chi connectivity index (χ2n) is 8.77. The summed E-state index contributed by atoms with van der Waals surface area (Å²) in [6, 6.07) is 6.13. The number of carbonyl (C=O) groups excluding carboxylic acids is 1. The average molecular weight is 383 g/mol. The van der Waals surface area contributed by atoms with Crippen LogP contribution in [0.3, 0.4) is 0 Å². The Bertz CT molecular complexity index is 893. The van der Waals surface area contributed by atoms with E-state index in [0.717, 1.165) is 43.2 Å². The minimum Gasteiger partial charge on any atom is -0.392 e. The molecule has 150 valence electrons. The Kier molecular flexibility index (Phi) is 4.48. The van der Waals surface area contributed by atoms with Gasteiger partial charge in [0.1, 0.15) is 0 Å². The number of hydrogen-bond acceptors (Lipinski definition) is 3. The molecule has 1 aliphatic heterocycles. The van der Waals surface area contributed by atoms with Crippen LogP contribution in [0.4, 0.5) is 0 Å².